The van der Waals surface area contributed by atoms with Gasteiger partial charge < -0.3 is 4.57 Å². The molecule has 7 heteroatoms. The molecule has 12 rings (SSSR count). The number of allylic oxidation sites excluding steroid dienone is 4. The van der Waals surface area contributed by atoms with E-state index in [2.05, 4.69) is 130 Å². The van der Waals surface area contributed by atoms with Crippen LogP contribution in [0.2, 0.25) is 0 Å². The highest BCUT2D eigenvalue weighted by Crippen LogP contribution is 2.42. The van der Waals surface area contributed by atoms with Crippen molar-refractivity contribution in [2.45, 2.75) is 12.5 Å². The molecular formula is C55H37N7. The number of hydrogen-bond acceptors (Lipinski definition) is 5. The van der Waals surface area contributed by atoms with Crippen molar-refractivity contribution in [1.29, 1.82) is 0 Å². The van der Waals surface area contributed by atoms with Crippen molar-refractivity contribution in [2.75, 3.05) is 0 Å². The minimum Gasteiger partial charge on any atom is -0.333 e. The molecule has 1 aliphatic rings. The molecule has 62 heavy (non-hydrogen) atoms. The van der Waals surface area contributed by atoms with E-state index in [1.54, 1.807) is 0 Å². The normalized spacial score (nSPS) is 13.9. The zero-order valence-corrected chi connectivity index (χ0v) is 33.5. The van der Waals surface area contributed by atoms with Gasteiger partial charge in [-0.2, -0.15) is 9.97 Å². The smallest absolute Gasteiger partial charge is 0.238 e. The van der Waals surface area contributed by atoms with Crippen molar-refractivity contribution >= 4 is 49.2 Å². The van der Waals surface area contributed by atoms with Gasteiger partial charge in [0.2, 0.25) is 5.95 Å². The van der Waals surface area contributed by atoms with Crippen LogP contribution in [0, 0.1) is 0 Å². The zero-order valence-electron chi connectivity index (χ0n) is 33.5. The first kappa shape index (κ1) is 35.6. The van der Waals surface area contributed by atoms with Gasteiger partial charge in [0.25, 0.3) is 0 Å². The van der Waals surface area contributed by atoms with Crippen LogP contribution in [-0.2, 0) is 0 Å². The Morgan fingerprint density at radius 3 is 1.50 bits per heavy atom. The third-order valence-electron chi connectivity index (χ3n) is 11.9. The Bertz CT molecular complexity index is 3420. The van der Waals surface area contributed by atoms with Crippen LogP contribution in [0.1, 0.15) is 18.2 Å². The summed E-state index contributed by atoms with van der Waals surface area (Å²) in [6.07, 6.45) is 7.49. The van der Waals surface area contributed by atoms with E-state index in [1.165, 1.54) is 21.8 Å². The molecule has 0 radical (unpaired) electrons. The van der Waals surface area contributed by atoms with Crippen LogP contribution in [0.3, 0.4) is 0 Å². The van der Waals surface area contributed by atoms with Gasteiger partial charge in [0.15, 0.2) is 17.5 Å². The molecule has 0 saturated heterocycles. The number of rotatable bonds is 7. The summed E-state index contributed by atoms with van der Waals surface area (Å²) in [5.74, 6) is 2.55. The van der Waals surface area contributed by atoms with Gasteiger partial charge in [-0.3, -0.25) is 4.57 Å². The van der Waals surface area contributed by atoms with Crippen LogP contribution in [0.25, 0.3) is 101 Å². The molecule has 7 nitrogen and oxygen atoms in total. The van der Waals surface area contributed by atoms with E-state index in [0.717, 1.165) is 73.3 Å². The monoisotopic (exact) mass is 795 g/mol. The van der Waals surface area contributed by atoms with Gasteiger partial charge in [-0.25, -0.2) is 15.0 Å². The SMILES string of the molecule is C1=CC(n2c3ccccc3c3cc4c(cc32)c2ccccc2n4-c2nc(-c3ccccc3)nc(-c3ccccc3)n2)CC(c2cc(-c3ccccc3)nc(-c3ccccc3)n2)=C1. The molecule has 0 aliphatic heterocycles. The molecule has 7 aromatic carbocycles. The molecule has 0 N–H and O–H groups in total. The van der Waals surface area contributed by atoms with E-state index in [-0.39, 0.29) is 6.04 Å². The summed E-state index contributed by atoms with van der Waals surface area (Å²) in [7, 11) is 0. The molecule has 0 saturated carbocycles. The van der Waals surface area contributed by atoms with Crippen LogP contribution < -0.4 is 0 Å². The number of para-hydroxylation sites is 2. The molecule has 1 unspecified atom stereocenters. The average molecular weight is 796 g/mol. The van der Waals surface area contributed by atoms with Gasteiger partial charge in [-0.05, 0) is 42.3 Å². The van der Waals surface area contributed by atoms with E-state index in [1.807, 2.05) is 84.9 Å². The Morgan fingerprint density at radius 2 is 0.871 bits per heavy atom. The molecule has 0 fully saturated rings. The van der Waals surface area contributed by atoms with Crippen molar-refractivity contribution in [3.05, 3.63) is 212 Å². The van der Waals surface area contributed by atoms with Crippen molar-refractivity contribution in [2.24, 2.45) is 0 Å². The molecule has 1 atom stereocenters. The highest BCUT2D eigenvalue weighted by atomic mass is 15.2. The Hall–Kier alpha value is -8.29. The quantitative estimate of drug-likeness (QED) is 0.161. The molecule has 0 amide bonds. The van der Waals surface area contributed by atoms with E-state index >= 15 is 0 Å². The second-order valence-corrected chi connectivity index (χ2v) is 15.7. The molecule has 1 aliphatic carbocycles. The van der Waals surface area contributed by atoms with Crippen molar-refractivity contribution in [3.8, 4) is 51.4 Å². The van der Waals surface area contributed by atoms with E-state index < -0.39 is 0 Å². The van der Waals surface area contributed by atoms with Crippen LogP contribution in [-0.4, -0.2) is 34.1 Å². The van der Waals surface area contributed by atoms with Crippen molar-refractivity contribution < 1.29 is 0 Å². The summed E-state index contributed by atoms with van der Waals surface area (Å²) in [6.45, 7) is 0. The third-order valence-corrected chi connectivity index (χ3v) is 11.9. The Morgan fingerprint density at radius 1 is 0.387 bits per heavy atom. The number of aromatic nitrogens is 7. The number of hydrogen-bond donors (Lipinski definition) is 0. The second-order valence-electron chi connectivity index (χ2n) is 15.7. The summed E-state index contributed by atoms with van der Waals surface area (Å²) in [6, 6.07) is 65.1. The highest BCUT2D eigenvalue weighted by molar-refractivity contribution is 6.18. The molecular weight excluding hydrogens is 759 g/mol. The van der Waals surface area contributed by atoms with Gasteiger partial charge in [0.1, 0.15) is 0 Å². The lowest BCUT2D eigenvalue weighted by atomic mass is 9.96. The summed E-state index contributed by atoms with van der Waals surface area (Å²) in [5.41, 5.74) is 11.3. The van der Waals surface area contributed by atoms with Crippen LogP contribution >= 0.6 is 0 Å². The summed E-state index contributed by atoms with van der Waals surface area (Å²) in [5, 5.41) is 4.62. The molecule has 11 aromatic rings. The predicted molar refractivity (Wildman–Crippen MR) is 252 cm³/mol. The minimum atomic E-state index is 0.0314. The lowest BCUT2D eigenvalue weighted by Gasteiger charge is -2.23. The molecule has 292 valence electrons. The fraction of sp³-hybridized carbons (Fsp3) is 0.0364. The van der Waals surface area contributed by atoms with Gasteiger partial charge in [0, 0.05) is 49.3 Å². The van der Waals surface area contributed by atoms with E-state index in [0.29, 0.717) is 17.6 Å². The largest absolute Gasteiger partial charge is 0.333 e. The Kier molecular flexibility index (Phi) is 8.49. The summed E-state index contributed by atoms with van der Waals surface area (Å²) >= 11 is 0. The van der Waals surface area contributed by atoms with Gasteiger partial charge >= 0.3 is 0 Å². The maximum Gasteiger partial charge on any atom is 0.238 e. The molecule has 4 heterocycles. The molecule has 4 aromatic heterocycles. The first-order chi connectivity index (χ1) is 30.7. The predicted octanol–water partition coefficient (Wildman–Crippen LogP) is 13.1. The minimum absolute atomic E-state index is 0.0314. The number of benzene rings is 7. The van der Waals surface area contributed by atoms with Gasteiger partial charge in [-0.1, -0.05) is 176 Å². The first-order valence-corrected chi connectivity index (χ1v) is 20.9. The first-order valence-electron chi connectivity index (χ1n) is 20.9. The van der Waals surface area contributed by atoms with Crippen LogP contribution in [0.5, 0.6) is 0 Å². The Balaban J connectivity index is 1.03. The topological polar surface area (TPSA) is 74.3 Å². The lowest BCUT2D eigenvalue weighted by Crippen LogP contribution is -2.10. The van der Waals surface area contributed by atoms with Gasteiger partial charge in [-0.15, -0.1) is 0 Å². The maximum atomic E-state index is 5.21. The van der Waals surface area contributed by atoms with E-state index in [4.69, 9.17) is 24.9 Å². The van der Waals surface area contributed by atoms with Crippen LogP contribution in [0.4, 0.5) is 0 Å². The average Bonchev–Trinajstić information content (AvgIpc) is 3.86. The third kappa shape index (κ3) is 6.09. The lowest BCUT2D eigenvalue weighted by molar-refractivity contribution is 0.655. The van der Waals surface area contributed by atoms with Crippen molar-refractivity contribution in [3.63, 3.8) is 0 Å². The fourth-order valence-electron chi connectivity index (χ4n) is 9.04. The van der Waals surface area contributed by atoms with Crippen molar-refractivity contribution in [1.82, 2.24) is 34.1 Å². The summed E-state index contributed by atoms with van der Waals surface area (Å²) in [4.78, 5) is 25.7. The fourth-order valence-corrected chi connectivity index (χ4v) is 9.04. The standard InChI is InChI=1S/C55H37N7/c1-5-18-36(19-6-1)46-35-47(57-52(56-46)37-20-7-2-8-21-37)40-26-17-27-41(32-40)61-48-30-15-13-28-42(48)44-34-51-45(33-50(44)61)43-29-14-16-31-49(43)62(51)55-59-53(38-22-9-3-10-23-38)58-54(60-55)39-24-11-4-12-25-39/h1-31,33-35,41H,32H2. The second kappa shape index (κ2) is 14.8. The number of fused-ring (bicyclic) bond motifs is 6. The van der Waals surface area contributed by atoms with Crippen LogP contribution in [0.15, 0.2) is 206 Å². The maximum absolute atomic E-state index is 5.21. The van der Waals surface area contributed by atoms with Gasteiger partial charge in [0.05, 0.1) is 34.0 Å². The molecule has 0 spiro atoms. The number of nitrogens with zero attached hydrogens (tertiary/aromatic N) is 7. The van der Waals surface area contributed by atoms with E-state index in [9.17, 15) is 0 Å². The molecule has 0 bridgehead atoms. The zero-order chi connectivity index (χ0) is 41.0. The Labute approximate surface area is 357 Å². The highest BCUT2D eigenvalue weighted by Gasteiger charge is 2.25. The summed E-state index contributed by atoms with van der Waals surface area (Å²) < 4.78 is 4.73.